The molecule has 1 fully saturated rings. The Kier molecular flexibility index (Phi) is 8.78. The molecule has 0 saturated carbocycles. The molecule has 0 atom stereocenters. The molecular weight excluding hydrogens is 512 g/mol. The van der Waals surface area contributed by atoms with Gasteiger partial charge in [0.2, 0.25) is 5.91 Å². The molecule has 1 saturated heterocycles. The van der Waals surface area contributed by atoms with Crippen LogP contribution in [-0.2, 0) is 30.7 Å². The Morgan fingerprint density at radius 2 is 1.76 bits per heavy atom. The first-order valence-electron chi connectivity index (χ1n) is 12.3. The summed E-state index contributed by atoms with van der Waals surface area (Å²) in [5.41, 5.74) is 3.06. The molecule has 2 amide bonds. The van der Waals surface area contributed by atoms with E-state index in [0.717, 1.165) is 21.5 Å². The Hall–Kier alpha value is -3.02. The molecule has 0 bridgehead atoms. The maximum atomic E-state index is 12.7. The Morgan fingerprint density at radius 3 is 2.46 bits per heavy atom. The number of sulfone groups is 1. The molecule has 198 valence electrons. The molecule has 37 heavy (non-hydrogen) atoms. The third-order valence-electron chi connectivity index (χ3n) is 6.16. The normalized spacial score (nSPS) is 14.9. The van der Waals surface area contributed by atoms with Crippen molar-refractivity contribution in [3.05, 3.63) is 58.9 Å². The second-order valence-corrected chi connectivity index (χ2v) is 12.0. The number of fused-ring (bicyclic) bond motifs is 1. The van der Waals surface area contributed by atoms with Crippen LogP contribution in [0.15, 0.2) is 53.5 Å². The molecule has 1 aromatic heterocycles. The van der Waals surface area contributed by atoms with Crippen molar-refractivity contribution in [1.82, 2.24) is 9.47 Å². The van der Waals surface area contributed by atoms with E-state index < -0.39 is 33.2 Å². The molecule has 0 radical (unpaired) electrons. The zero-order chi connectivity index (χ0) is 26.4. The van der Waals surface area contributed by atoms with Crippen LogP contribution in [0.5, 0.6) is 0 Å². The highest BCUT2D eigenvalue weighted by Crippen LogP contribution is 2.19. The molecule has 1 aliphatic heterocycles. The number of rotatable bonds is 9. The van der Waals surface area contributed by atoms with Crippen molar-refractivity contribution in [3.8, 4) is 0 Å². The van der Waals surface area contributed by atoms with Crippen molar-refractivity contribution in [2.45, 2.75) is 20.4 Å². The summed E-state index contributed by atoms with van der Waals surface area (Å²) < 4.78 is 33.7. The SMILES string of the molecule is CCOCCn1c(=NC(=O)CS(=O)(=O)CC(=O)N2CCN(c3ccccc3)CC2)sc2cc(C)ccc21. The van der Waals surface area contributed by atoms with E-state index in [9.17, 15) is 18.0 Å². The number of benzene rings is 2. The van der Waals surface area contributed by atoms with Crippen molar-refractivity contribution in [1.29, 1.82) is 0 Å². The van der Waals surface area contributed by atoms with Crippen molar-refractivity contribution >= 4 is 48.9 Å². The van der Waals surface area contributed by atoms with E-state index in [1.807, 2.05) is 66.9 Å². The zero-order valence-corrected chi connectivity index (χ0v) is 22.8. The first-order valence-corrected chi connectivity index (χ1v) is 14.9. The third kappa shape index (κ3) is 7.06. The summed E-state index contributed by atoms with van der Waals surface area (Å²) in [5, 5.41) is 0. The van der Waals surface area contributed by atoms with E-state index in [4.69, 9.17) is 4.74 Å². The van der Waals surface area contributed by atoms with Gasteiger partial charge in [0.05, 0.1) is 16.8 Å². The van der Waals surface area contributed by atoms with Gasteiger partial charge in [0.1, 0.15) is 11.5 Å². The van der Waals surface area contributed by atoms with Crippen LogP contribution in [0.2, 0.25) is 0 Å². The van der Waals surface area contributed by atoms with Gasteiger partial charge < -0.3 is 19.1 Å². The Labute approximate surface area is 220 Å². The van der Waals surface area contributed by atoms with E-state index in [1.165, 1.54) is 11.3 Å². The number of amides is 2. The number of para-hydroxylation sites is 1. The van der Waals surface area contributed by atoms with E-state index in [0.29, 0.717) is 50.7 Å². The highest BCUT2D eigenvalue weighted by atomic mass is 32.2. The molecule has 0 aliphatic carbocycles. The maximum absolute atomic E-state index is 12.7. The minimum absolute atomic E-state index is 0.420. The lowest BCUT2D eigenvalue weighted by atomic mass is 10.2. The standard InChI is InChI=1S/C26H32N4O5S2/c1-3-35-16-15-30-22-10-9-20(2)17-23(22)36-26(30)27-24(31)18-37(33,34)19-25(32)29-13-11-28(12-14-29)21-7-5-4-6-8-21/h4-10,17H,3,11-16,18-19H2,1-2H3. The molecule has 0 N–H and O–H groups in total. The van der Waals surface area contributed by atoms with Crippen LogP contribution in [0.4, 0.5) is 5.69 Å². The third-order valence-corrected chi connectivity index (χ3v) is 8.58. The molecule has 2 aromatic carbocycles. The van der Waals surface area contributed by atoms with Gasteiger partial charge in [-0.25, -0.2) is 8.42 Å². The molecule has 4 rings (SSSR count). The summed E-state index contributed by atoms with van der Waals surface area (Å²) in [6.45, 7) is 7.51. The van der Waals surface area contributed by atoms with Gasteiger partial charge in [-0.1, -0.05) is 35.6 Å². The highest BCUT2D eigenvalue weighted by Gasteiger charge is 2.27. The van der Waals surface area contributed by atoms with Crippen molar-refractivity contribution in [2.75, 3.05) is 55.8 Å². The van der Waals surface area contributed by atoms with E-state index in [1.54, 1.807) is 4.90 Å². The summed E-state index contributed by atoms with van der Waals surface area (Å²) in [7, 11) is -3.96. The maximum Gasteiger partial charge on any atom is 0.263 e. The second-order valence-electron chi connectivity index (χ2n) is 8.95. The predicted molar refractivity (Wildman–Crippen MR) is 146 cm³/mol. The number of piperazine rings is 1. The van der Waals surface area contributed by atoms with E-state index in [2.05, 4.69) is 9.89 Å². The summed E-state index contributed by atoms with van der Waals surface area (Å²) >= 11 is 1.33. The molecular formula is C26H32N4O5S2. The number of carbonyl (C=O) groups excluding carboxylic acids is 2. The summed E-state index contributed by atoms with van der Waals surface area (Å²) in [6, 6.07) is 15.8. The first-order chi connectivity index (χ1) is 17.8. The molecule has 11 heteroatoms. The van der Waals surface area contributed by atoms with Crippen LogP contribution in [0, 0.1) is 6.92 Å². The Balaban J connectivity index is 1.41. The molecule has 2 heterocycles. The number of aromatic nitrogens is 1. The predicted octanol–water partition coefficient (Wildman–Crippen LogP) is 2.24. The topological polar surface area (TPSA) is 101 Å². The zero-order valence-electron chi connectivity index (χ0n) is 21.1. The van der Waals surface area contributed by atoms with Gasteiger partial charge in [-0.3, -0.25) is 9.59 Å². The Morgan fingerprint density at radius 1 is 1.03 bits per heavy atom. The van der Waals surface area contributed by atoms with Gasteiger partial charge in [-0.15, -0.1) is 0 Å². The van der Waals surface area contributed by atoms with Crippen LogP contribution in [-0.4, -0.2) is 80.6 Å². The number of hydrogen-bond acceptors (Lipinski definition) is 7. The number of thiazole rings is 1. The van der Waals surface area contributed by atoms with Crippen LogP contribution in [0.1, 0.15) is 12.5 Å². The minimum atomic E-state index is -3.96. The quantitative estimate of drug-likeness (QED) is 0.383. The summed E-state index contributed by atoms with van der Waals surface area (Å²) in [4.78, 5) is 33.7. The lowest BCUT2D eigenvalue weighted by Crippen LogP contribution is -2.50. The fourth-order valence-electron chi connectivity index (χ4n) is 4.29. The van der Waals surface area contributed by atoms with Gasteiger partial charge in [0.15, 0.2) is 14.6 Å². The first kappa shape index (κ1) is 27.0. The molecule has 9 nitrogen and oxygen atoms in total. The number of ether oxygens (including phenoxy) is 1. The van der Waals surface area contributed by atoms with Crippen LogP contribution < -0.4 is 9.70 Å². The number of carbonyl (C=O) groups is 2. The van der Waals surface area contributed by atoms with Gasteiger partial charge >= 0.3 is 0 Å². The van der Waals surface area contributed by atoms with Crippen molar-refractivity contribution in [2.24, 2.45) is 4.99 Å². The van der Waals surface area contributed by atoms with Gasteiger partial charge in [0, 0.05) is 45.0 Å². The largest absolute Gasteiger partial charge is 0.380 e. The van der Waals surface area contributed by atoms with Crippen molar-refractivity contribution in [3.63, 3.8) is 0 Å². The summed E-state index contributed by atoms with van der Waals surface area (Å²) in [6.07, 6.45) is 0. The number of anilines is 1. The number of hydrogen-bond donors (Lipinski definition) is 0. The highest BCUT2D eigenvalue weighted by molar-refractivity contribution is 7.92. The van der Waals surface area contributed by atoms with E-state index >= 15 is 0 Å². The minimum Gasteiger partial charge on any atom is -0.380 e. The fourth-order valence-corrected chi connectivity index (χ4v) is 6.57. The summed E-state index contributed by atoms with van der Waals surface area (Å²) in [5.74, 6) is -2.77. The Bertz CT molecular complexity index is 1420. The number of nitrogens with zero attached hydrogens (tertiary/aromatic N) is 4. The lowest BCUT2D eigenvalue weighted by molar-refractivity contribution is -0.128. The van der Waals surface area contributed by atoms with E-state index in [-0.39, 0.29) is 0 Å². The van der Waals surface area contributed by atoms with Gasteiger partial charge in [-0.05, 0) is 43.7 Å². The molecule has 3 aromatic rings. The molecule has 0 spiro atoms. The van der Waals surface area contributed by atoms with Crippen molar-refractivity contribution < 1.29 is 22.7 Å². The second kappa shape index (κ2) is 12.0. The fraction of sp³-hybridized carbons (Fsp3) is 0.423. The molecule has 0 unspecified atom stereocenters. The smallest absolute Gasteiger partial charge is 0.263 e. The van der Waals surface area contributed by atoms with Gasteiger partial charge in [0.25, 0.3) is 5.91 Å². The monoisotopic (exact) mass is 544 g/mol. The van der Waals surface area contributed by atoms with Crippen LogP contribution in [0.25, 0.3) is 10.2 Å². The van der Waals surface area contributed by atoms with Crippen LogP contribution in [0.3, 0.4) is 0 Å². The average Bonchev–Trinajstić information content (AvgIpc) is 3.19. The molecule has 1 aliphatic rings. The average molecular weight is 545 g/mol. The van der Waals surface area contributed by atoms with Gasteiger partial charge in [-0.2, -0.15) is 4.99 Å². The number of aryl methyl sites for hydroxylation is 1. The van der Waals surface area contributed by atoms with Crippen LogP contribution >= 0.6 is 11.3 Å². The lowest BCUT2D eigenvalue weighted by Gasteiger charge is -2.36.